The number of ether oxygens (including phenoxy) is 3. The van der Waals surface area contributed by atoms with E-state index in [2.05, 4.69) is 24.8 Å². The van der Waals surface area contributed by atoms with E-state index in [0.29, 0.717) is 30.0 Å². The van der Waals surface area contributed by atoms with Gasteiger partial charge in [0.25, 0.3) is 0 Å². The molecule has 240 valence electrons. The van der Waals surface area contributed by atoms with Gasteiger partial charge >= 0.3 is 5.97 Å². The second kappa shape index (κ2) is 14.0. The summed E-state index contributed by atoms with van der Waals surface area (Å²) in [4.78, 5) is 20.7. The maximum atomic E-state index is 13.7. The molecule has 2 aromatic carbocycles. The Labute approximate surface area is 267 Å². The van der Waals surface area contributed by atoms with Crippen molar-refractivity contribution in [1.29, 1.82) is 5.26 Å². The number of carbonyl (C=O) groups excluding carboxylic acids is 1. The lowest BCUT2D eigenvalue weighted by molar-refractivity contribution is -0.171. The third-order valence-electron chi connectivity index (χ3n) is 7.94. The van der Waals surface area contributed by atoms with Crippen LogP contribution in [-0.2, 0) is 20.7 Å². The predicted octanol–water partition coefficient (Wildman–Crippen LogP) is 8.12. The van der Waals surface area contributed by atoms with Gasteiger partial charge in [-0.3, -0.25) is 0 Å². The number of rotatable bonds is 10. The van der Waals surface area contributed by atoms with E-state index in [-0.39, 0.29) is 23.0 Å². The Balaban J connectivity index is 1.79. The second-order valence-corrected chi connectivity index (χ2v) is 13.8. The summed E-state index contributed by atoms with van der Waals surface area (Å²) in [5, 5.41) is 10.4. The van der Waals surface area contributed by atoms with Gasteiger partial charge in [-0.05, 0) is 95.2 Å². The molecule has 1 atom stereocenters. The van der Waals surface area contributed by atoms with Gasteiger partial charge in [0.2, 0.25) is 0 Å². The summed E-state index contributed by atoms with van der Waals surface area (Å²) in [6.45, 7) is 17.7. The van der Waals surface area contributed by atoms with E-state index in [1.165, 1.54) is 12.1 Å². The van der Waals surface area contributed by atoms with Crippen LogP contribution in [0.4, 0.5) is 10.1 Å². The summed E-state index contributed by atoms with van der Waals surface area (Å²) >= 11 is 0. The molecule has 7 nitrogen and oxygen atoms in total. The number of piperidine rings is 1. The van der Waals surface area contributed by atoms with Crippen molar-refractivity contribution >= 4 is 11.7 Å². The van der Waals surface area contributed by atoms with E-state index in [1.807, 2.05) is 52.0 Å². The highest BCUT2D eigenvalue weighted by Crippen LogP contribution is 2.45. The minimum Gasteiger partial charge on any atom is -0.493 e. The molecular formula is C37H46FN3O4. The standard InChI is InChI=1S/C37H46FN3O4/c1-24(2)44-35(42)34(45-36(4,5)6)32-30(23-39)40-25(3)31(33(32)41-20-18-37(7,8)19-21-41)27-11-15-29(16-12-27)43-22-17-26-9-13-28(38)14-10-26/h9-16,24,34H,17-22H2,1-8H3. The maximum absolute atomic E-state index is 13.7. The number of nitrogens with zero attached hydrogens (tertiary/aromatic N) is 3. The number of nitriles is 1. The number of aryl methyl sites for hydroxylation is 1. The van der Waals surface area contributed by atoms with Crippen LogP contribution in [0.1, 0.15) is 89.9 Å². The van der Waals surface area contributed by atoms with Gasteiger partial charge in [-0.1, -0.05) is 38.1 Å². The molecule has 1 saturated heterocycles. The molecule has 0 spiro atoms. The first kappa shape index (κ1) is 33.9. The zero-order chi connectivity index (χ0) is 32.9. The first-order valence-electron chi connectivity index (χ1n) is 15.7. The molecule has 1 aromatic heterocycles. The molecule has 4 rings (SSSR count). The van der Waals surface area contributed by atoms with E-state index in [4.69, 9.17) is 19.2 Å². The number of halogens is 1. The summed E-state index contributed by atoms with van der Waals surface area (Å²) in [6.07, 6.45) is 1.06. The van der Waals surface area contributed by atoms with Gasteiger partial charge in [-0.25, -0.2) is 14.2 Å². The average molecular weight is 616 g/mol. The monoisotopic (exact) mass is 615 g/mol. The number of benzene rings is 2. The summed E-state index contributed by atoms with van der Waals surface area (Å²) in [6, 6.07) is 16.5. The summed E-state index contributed by atoms with van der Waals surface area (Å²) in [7, 11) is 0. The Kier molecular flexibility index (Phi) is 10.5. The molecule has 1 aliphatic rings. The van der Waals surface area contributed by atoms with Crippen molar-refractivity contribution in [3.05, 3.63) is 76.9 Å². The van der Waals surface area contributed by atoms with Gasteiger partial charge in [0, 0.05) is 30.8 Å². The molecule has 1 unspecified atom stereocenters. The lowest BCUT2D eigenvalue weighted by atomic mass is 9.81. The summed E-state index contributed by atoms with van der Waals surface area (Å²) < 4.78 is 31.4. The van der Waals surface area contributed by atoms with Gasteiger partial charge in [0.05, 0.1) is 29.6 Å². The normalized spacial score (nSPS) is 15.4. The van der Waals surface area contributed by atoms with E-state index < -0.39 is 17.7 Å². The second-order valence-electron chi connectivity index (χ2n) is 13.8. The van der Waals surface area contributed by atoms with Crippen LogP contribution in [0.2, 0.25) is 0 Å². The summed E-state index contributed by atoms with van der Waals surface area (Å²) in [5.74, 6) is -0.0978. The van der Waals surface area contributed by atoms with Crippen molar-refractivity contribution in [1.82, 2.24) is 4.98 Å². The Bertz CT molecular complexity index is 1510. The van der Waals surface area contributed by atoms with E-state index in [1.54, 1.807) is 26.0 Å². The molecule has 0 bridgehead atoms. The number of hydrogen-bond donors (Lipinski definition) is 0. The van der Waals surface area contributed by atoms with Crippen LogP contribution < -0.4 is 9.64 Å². The van der Waals surface area contributed by atoms with Crippen LogP contribution in [-0.4, -0.2) is 42.4 Å². The zero-order valence-corrected chi connectivity index (χ0v) is 27.9. The van der Waals surface area contributed by atoms with Gasteiger partial charge in [0.1, 0.15) is 23.3 Å². The molecule has 3 aromatic rings. The molecule has 1 fully saturated rings. The quantitative estimate of drug-likeness (QED) is 0.213. The van der Waals surface area contributed by atoms with Crippen molar-refractivity contribution in [2.24, 2.45) is 5.41 Å². The van der Waals surface area contributed by atoms with Crippen molar-refractivity contribution in [2.45, 2.75) is 92.5 Å². The number of pyridine rings is 1. The predicted molar refractivity (Wildman–Crippen MR) is 175 cm³/mol. The molecular weight excluding hydrogens is 569 g/mol. The number of esters is 1. The fourth-order valence-electron chi connectivity index (χ4n) is 5.57. The lowest BCUT2D eigenvalue weighted by Crippen LogP contribution is -2.39. The Hall–Kier alpha value is -3.96. The van der Waals surface area contributed by atoms with Gasteiger partial charge in [-0.15, -0.1) is 0 Å². The minimum absolute atomic E-state index is 0.159. The summed E-state index contributed by atoms with van der Waals surface area (Å²) in [5.41, 5.74) is 4.29. The van der Waals surface area contributed by atoms with Gasteiger partial charge in [0.15, 0.2) is 6.10 Å². The fourth-order valence-corrected chi connectivity index (χ4v) is 5.57. The van der Waals surface area contributed by atoms with Crippen LogP contribution in [0, 0.1) is 29.5 Å². The molecule has 0 amide bonds. The Morgan fingerprint density at radius 3 is 2.24 bits per heavy atom. The number of anilines is 1. The average Bonchev–Trinajstić information content (AvgIpc) is 2.96. The number of hydrogen-bond acceptors (Lipinski definition) is 7. The SMILES string of the molecule is Cc1nc(C#N)c(C(OC(C)(C)C)C(=O)OC(C)C)c(N2CCC(C)(C)CC2)c1-c1ccc(OCCc2ccc(F)cc2)cc1. The smallest absolute Gasteiger partial charge is 0.340 e. The molecule has 0 radical (unpaired) electrons. The minimum atomic E-state index is -1.15. The topological polar surface area (TPSA) is 84.7 Å². The van der Waals surface area contributed by atoms with Crippen molar-refractivity contribution in [3.63, 3.8) is 0 Å². The van der Waals surface area contributed by atoms with Crippen molar-refractivity contribution in [3.8, 4) is 22.9 Å². The molecule has 1 aliphatic heterocycles. The number of carbonyl (C=O) groups is 1. The van der Waals surface area contributed by atoms with Crippen LogP contribution >= 0.6 is 0 Å². The highest BCUT2D eigenvalue weighted by Gasteiger charge is 2.38. The van der Waals surface area contributed by atoms with Crippen molar-refractivity contribution in [2.75, 3.05) is 24.6 Å². The lowest BCUT2D eigenvalue weighted by Gasteiger charge is -2.41. The molecule has 0 aliphatic carbocycles. The van der Waals surface area contributed by atoms with Crippen LogP contribution in [0.5, 0.6) is 5.75 Å². The molecule has 45 heavy (non-hydrogen) atoms. The van der Waals surface area contributed by atoms with Gasteiger partial charge in [-0.2, -0.15) is 5.26 Å². The largest absolute Gasteiger partial charge is 0.493 e. The molecule has 2 heterocycles. The van der Waals surface area contributed by atoms with Gasteiger partial charge < -0.3 is 19.1 Å². The molecule has 0 saturated carbocycles. The number of aromatic nitrogens is 1. The highest BCUT2D eigenvalue weighted by atomic mass is 19.1. The fraction of sp³-hybridized carbons (Fsp3) is 0.486. The van der Waals surface area contributed by atoms with Crippen LogP contribution in [0.15, 0.2) is 48.5 Å². The third kappa shape index (κ3) is 8.82. The van der Waals surface area contributed by atoms with Crippen LogP contribution in [0.3, 0.4) is 0 Å². The van der Waals surface area contributed by atoms with E-state index in [0.717, 1.165) is 48.3 Å². The van der Waals surface area contributed by atoms with E-state index >= 15 is 0 Å². The highest BCUT2D eigenvalue weighted by molar-refractivity contribution is 5.89. The maximum Gasteiger partial charge on any atom is 0.340 e. The Morgan fingerprint density at radius 2 is 1.69 bits per heavy atom. The molecule has 8 heteroatoms. The molecule has 0 N–H and O–H groups in total. The Morgan fingerprint density at radius 1 is 1.07 bits per heavy atom. The first-order chi connectivity index (χ1) is 21.2. The van der Waals surface area contributed by atoms with Crippen molar-refractivity contribution < 1.29 is 23.4 Å². The first-order valence-corrected chi connectivity index (χ1v) is 15.7. The van der Waals surface area contributed by atoms with Crippen LogP contribution in [0.25, 0.3) is 11.1 Å². The van der Waals surface area contributed by atoms with E-state index in [9.17, 15) is 14.4 Å². The zero-order valence-electron chi connectivity index (χ0n) is 27.9. The third-order valence-corrected chi connectivity index (χ3v) is 7.94.